The summed E-state index contributed by atoms with van der Waals surface area (Å²) in [6, 6.07) is 41.4. The molecule has 0 atom stereocenters. The van der Waals surface area contributed by atoms with E-state index < -0.39 is 7.12 Å². The van der Waals surface area contributed by atoms with Gasteiger partial charge in [0.25, 0.3) is 0 Å². The van der Waals surface area contributed by atoms with Gasteiger partial charge in [0, 0.05) is 32.9 Å². The minimum absolute atomic E-state index is 0.381. The minimum Gasteiger partial charge on any atom is -0.399 e. The van der Waals surface area contributed by atoms with Crippen molar-refractivity contribution in [2.24, 2.45) is 0 Å². The Hall–Kier alpha value is -4.32. The van der Waals surface area contributed by atoms with E-state index in [1.165, 1.54) is 38.1 Å². The monoisotopic (exact) mass is 534 g/mol. The normalized spacial score (nSPS) is 16.4. The first-order valence-electron chi connectivity index (χ1n) is 14.3. The van der Waals surface area contributed by atoms with Gasteiger partial charge in [0.1, 0.15) is 0 Å². The fourth-order valence-corrected chi connectivity index (χ4v) is 6.37. The number of aromatic nitrogens is 2. The summed E-state index contributed by atoms with van der Waals surface area (Å²) in [5.74, 6) is 0. The Morgan fingerprint density at radius 1 is 0.463 bits per heavy atom. The summed E-state index contributed by atoms with van der Waals surface area (Å²) in [6.45, 7) is 8.40. The van der Waals surface area contributed by atoms with Crippen LogP contribution >= 0.6 is 0 Å². The maximum Gasteiger partial charge on any atom is 0.494 e. The third kappa shape index (κ3) is 3.56. The van der Waals surface area contributed by atoms with Crippen molar-refractivity contribution in [1.29, 1.82) is 0 Å². The Labute approximate surface area is 239 Å². The van der Waals surface area contributed by atoms with Crippen LogP contribution in [0, 0.1) is 0 Å². The predicted molar refractivity (Wildman–Crippen MR) is 171 cm³/mol. The summed E-state index contributed by atoms with van der Waals surface area (Å²) in [5.41, 5.74) is 7.29. The lowest BCUT2D eigenvalue weighted by Gasteiger charge is -2.32. The number of hydrogen-bond donors (Lipinski definition) is 0. The molecular weight excluding hydrogens is 503 g/mol. The van der Waals surface area contributed by atoms with Crippen LogP contribution in [0.1, 0.15) is 27.7 Å². The Morgan fingerprint density at radius 2 is 0.902 bits per heavy atom. The number of nitrogens with zero attached hydrogens (tertiary/aromatic N) is 2. The maximum absolute atomic E-state index is 6.40. The predicted octanol–water partition coefficient (Wildman–Crippen LogP) is 8.18. The number of rotatable bonds is 3. The zero-order chi connectivity index (χ0) is 27.9. The minimum atomic E-state index is -0.398. The molecule has 2 aromatic heterocycles. The van der Waals surface area contributed by atoms with Gasteiger partial charge in [0.05, 0.1) is 33.3 Å². The molecule has 5 heteroatoms. The molecule has 8 rings (SSSR count). The summed E-state index contributed by atoms with van der Waals surface area (Å²) in [7, 11) is -0.398. The second-order valence-electron chi connectivity index (χ2n) is 12.1. The summed E-state index contributed by atoms with van der Waals surface area (Å²) in [4.78, 5) is 0. The van der Waals surface area contributed by atoms with Crippen LogP contribution in [-0.2, 0) is 9.31 Å². The molecule has 1 aliphatic rings. The van der Waals surface area contributed by atoms with E-state index in [0.29, 0.717) is 0 Å². The van der Waals surface area contributed by atoms with Gasteiger partial charge in [-0.1, -0.05) is 72.8 Å². The Kier molecular flexibility index (Phi) is 5.13. The van der Waals surface area contributed by atoms with Gasteiger partial charge < -0.3 is 18.4 Å². The zero-order valence-electron chi connectivity index (χ0n) is 23.8. The van der Waals surface area contributed by atoms with Crippen molar-refractivity contribution in [1.82, 2.24) is 9.13 Å². The molecule has 3 heterocycles. The lowest BCUT2D eigenvalue weighted by Crippen LogP contribution is -2.41. The molecule has 0 amide bonds. The summed E-state index contributed by atoms with van der Waals surface area (Å²) in [5, 5.41) is 4.93. The van der Waals surface area contributed by atoms with E-state index in [1.54, 1.807) is 0 Å². The van der Waals surface area contributed by atoms with Crippen LogP contribution in [0.15, 0.2) is 115 Å². The molecule has 0 bridgehead atoms. The van der Waals surface area contributed by atoms with E-state index in [-0.39, 0.29) is 11.2 Å². The molecule has 0 aliphatic carbocycles. The van der Waals surface area contributed by atoms with Gasteiger partial charge >= 0.3 is 7.12 Å². The molecular formula is C36H31BN2O2. The molecule has 7 aromatic rings. The second-order valence-corrected chi connectivity index (χ2v) is 12.1. The maximum atomic E-state index is 6.40. The van der Waals surface area contributed by atoms with Crippen LogP contribution in [0.25, 0.3) is 55.0 Å². The SMILES string of the molecule is CC1(C)OB(c2ccc3c(c2)c2ccccc2n3-c2cccc(-n3c4ccccc4c4ccccc43)c2)OC1(C)C. The average Bonchev–Trinajstić information content (AvgIpc) is 3.57. The molecule has 4 nitrogen and oxygen atoms in total. The molecule has 0 saturated carbocycles. The van der Waals surface area contributed by atoms with Gasteiger partial charge in [0.2, 0.25) is 0 Å². The first-order chi connectivity index (χ1) is 19.8. The fourth-order valence-electron chi connectivity index (χ4n) is 6.37. The number of para-hydroxylation sites is 3. The van der Waals surface area contributed by atoms with Crippen molar-refractivity contribution in [3.8, 4) is 11.4 Å². The molecule has 1 saturated heterocycles. The largest absolute Gasteiger partial charge is 0.494 e. The summed E-state index contributed by atoms with van der Waals surface area (Å²) in [6.07, 6.45) is 0. The van der Waals surface area contributed by atoms with E-state index in [9.17, 15) is 0 Å². The highest BCUT2D eigenvalue weighted by Crippen LogP contribution is 2.38. The van der Waals surface area contributed by atoms with Gasteiger partial charge in [-0.05, 0) is 75.6 Å². The molecule has 0 unspecified atom stereocenters. The van der Waals surface area contributed by atoms with Crippen molar-refractivity contribution < 1.29 is 9.31 Å². The quantitative estimate of drug-likeness (QED) is 0.214. The van der Waals surface area contributed by atoms with Crippen molar-refractivity contribution in [2.45, 2.75) is 38.9 Å². The Morgan fingerprint density at radius 3 is 1.41 bits per heavy atom. The smallest absolute Gasteiger partial charge is 0.399 e. The number of fused-ring (bicyclic) bond motifs is 6. The van der Waals surface area contributed by atoms with E-state index in [2.05, 4.69) is 152 Å². The fraction of sp³-hybridized carbons (Fsp3) is 0.167. The van der Waals surface area contributed by atoms with Crippen LogP contribution in [-0.4, -0.2) is 27.5 Å². The highest BCUT2D eigenvalue weighted by molar-refractivity contribution is 6.62. The van der Waals surface area contributed by atoms with Crippen LogP contribution < -0.4 is 5.46 Å². The number of hydrogen-bond acceptors (Lipinski definition) is 2. The Bertz CT molecular complexity index is 2070. The molecule has 41 heavy (non-hydrogen) atoms. The standard InChI is InChI=1S/C36H31BN2O2/c1-35(2)36(3,4)41-37(40-35)24-20-21-34-30(22-24)29-16-7-10-19-33(29)39(34)26-13-11-12-25(23-26)38-31-17-8-5-14-27(31)28-15-6-9-18-32(28)38/h5-23H,1-4H3. The first kappa shape index (κ1) is 24.5. The van der Waals surface area contributed by atoms with Crippen LogP contribution in [0.5, 0.6) is 0 Å². The van der Waals surface area contributed by atoms with Gasteiger partial charge in [-0.25, -0.2) is 0 Å². The molecule has 200 valence electrons. The third-order valence-corrected chi connectivity index (χ3v) is 9.15. The van der Waals surface area contributed by atoms with E-state index in [0.717, 1.165) is 22.4 Å². The lowest BCUT2D eigenvalue weighted by molar-refractivity contribution is 0.00578. The third-order valence-electron chi connectivity index (χ3n) is 9.15. The Balaban J connectivity index is 1.32. The van der Waals surface area contributed by atoms with Gasteiger partial charge in [0.15, 0.2) is 0 Å². The number of benzene rings is 5. The topological polar surface area (TPSA) is 28.3 Å². The van der Waals surface area contributed by atoms with Gasteiger partial charge in [-0.15, -0.1) is 0 Å². The van der Waals surface area contributed by atoms with Crippen LogP contribution in [0.2, 0.25) is 0 Å². The summed E-state index contributed by atoms with van der Waals surface area (Å²) >= 11 is 0. The average molecular weight is 534 g/mol. The summed E-state index contributed by atoms with van der Waals surface area (Å²) < 4.78 is 17.5. The van der Waals surface area contributed by atoms with Crippen LogP contribution in [0.3, 0.4) is 0 Å². The van der Waals surface area contributed by atoms with Crippen molar-refractivity contribution in [2.75, 3.05) is 0 Å². The highest BCUT2D eigenvalue weighted by Gasteiger charge is 2.51. The van der Waals surface area contributed by atoms with Crippen molar-refractivity contribution in [3.63, 3.8) is 0 Å². The lowest BCUT2D eigenvalue weighted by atomic mass is 9.78. The van der Waals surface area contributed by atoms with Crippen molar-refractivity contribution >= 4 is 56.2 Å². The van der Waals surface area contributed by atoms with Crippen LogP contribution in [0.4, 0.5) is 0 Å². The second kappa shape index (κ2) is 8.59. The zero-order valence-corrected chi connectivity index (χ0v) is 23.8. The van der Waals surface area contributed by atoms with E-state index in [4.69, 9.17) is 9.31 Å². The van der Waals surface area contributed by atoms with Gasteiger partial charge in [-0.3, -0.25) is 0 Å². The first-order valence-corrected chi connectivity index (χ1v) is 14.3. The molecule has 1 aliphatic heterocycles. The van der Waals surface area contributed by atoms with Crippen molar-refractivity contribution in [3.05, 3.63) is 115 Å². The van der Waals surface area contributed by atoms with E-state index >= 15 is 0 Å². The molecule has 0 spiro atoms. The molecule has 1 fully saturated rings. The highest BCUT2D eigenvalue weighted by atomic mass is 16.7. The molecule has 0 radical (unpaired) electrons. The molecule has 0 N–H and O–H groups in total. The van der Waals surface area contributed by atoms with Gasteiger partial charge in [-0.2, -0.15) is 0 Å². The van der Waals surface area contributed by atoms with E-state index in [1.807, 2.05) is 0 Å². The molecule has 5 aromatic carbocycles.